The summed E-state index contributed by atoms with van der Waals surface area (Å²) in [6, 6.07) is 2.87. The summed E-state index contributed by atoms with van der Waals surface area (Å²) in [5.74, 6) is -1.25. The molecule has 0 heterocycles. The molecule has 0 radical (unpaired) electrons. The molecule has 22 heavy (non-hydrogen) atoms. The Kier molecular flexibility index (Phi) is 6.11. The first kappa shape index (κ1) is 18.6. The highest BCUT2D eigenvalue weighted by Crippen LogP contribution is 2.35. The molecule has 0 bridgehead atoms. The van der Waals surface area contributed by atoms with Crippen molar-refractivity contribution >= 4 is 24.0 Å². The molecular weight excluding hydrogens is 317 g/mol. The van der Waals surface area contributed by atoms with E-state index in [2.05, 4.69) is 5.32 Å². The number of alkyl halides is 3. The van der Waals surface area contributed by atoms with Crippen LogP contribution in [0.3, 0.4) is 0 Å². The third-order valence-electron chi connectivity index (χ3n) is 4.02. The normalized spacial score (nSPS) is 16.9. The van der Waals surface area contributed by atoms with Crippen LogP contribution in [0.25, 0.3) is 0 Å². The van der Waals surface area contributed by atoms with Crippen molar-refractivity contribution in [2.24, 2.45) is 5.92 Å². The Hall–Kier alpha value is -1.43. The summed E-state index contributed by atoms with van der Waals surface area (Å²) in [5, 5.41) is 2.16. The zero-order valence-corrected chi connectivity index (χ0v) is 13.1. The minimum absolute atomic E-state index is 0. The second-order valence-corrected chi connectivity index (χ2v) is 5.61. The first-order chi connectivity index (χ1) is 9.79. The first-order valence-corrected chi connectivity index (χ1v) is 7.02. The van der Waals surface area contributed by atoms with E-state index in [4.69, 9.17) is 5.73 Å². The molecule has 1 atom stereocenters. The van der Waals surface area contributed by atoms with Crippen LogP contribution in [-0.2, 0) is 0 Å². The standard InChI is InChI=1S/C15H19F3N2O.ClH/c1-9-6-7-11(19)8-12(9)14(21)20-13(15(16,17)18)10-4-2-3-5-10;/h6-8,10,13H,2-5,19H2,1H3,(H,20,21);1H. The maximum Gasteiger partial charge on any atom is 0.408 e. The summed E-state index contributed by atoms with van der Waals surface area (Å²) in [7, 11) is 0. The molecule has 7 heteroatoms. The lowest BCUT2D eigenvalue weighted by Crippen LogP contribution is -2.49. The zero-order chi connectivity index (χ0) is 15.6. The fourth-order valence-corrected chi connectivity index (χ4v) is 2.86. The molecule has 1 aliphatic carbocycles. The van der Waals surface area contributed by atoms with Crippen molar-refractivity contribution in [1.82, 2.24) is 5.32 Å². The fraction of sp³-hybridized carbons (Fsp3) is 0.533. The van der Waals surface area contributed by atoms with E-state index in [-0.39, 0.29) is 18.0 Å². The van der Waals surface area contributed by atoms with Crippen LogP contribution in [0.15, 0.2) is 18.2 Å². The molecule has 3 N–H and O–H groups in total. The number of nitrogens with one attached hydrogen (secondary N) is 1. The minimum Gasteiger partial charge on any atom is -0.399 e. The van der Waals surface area contributed by atoms with Crippen molar-refractivity contribution in [2.45, 2.75) is 44.8 Å². The van der Waals surface area contributed by atoms with Gasteiger partial charge in [0, 0.05) is 11.3 Å². The molecule has 1 unspecified atom stereocenters. The van der Waals surface area contributed by atoms with Gasteiger partial charge in [0.25, 0.3) is 5.91 Å². The van der Waals surface area contributed by atoms with Gasteiger partial charge in [-0.25, -0.2) is 0 Å². The Morgan fingerprint density at radius 2 is 1.91 bits per heavy atom. The molecule has 1 aliphatic rings. The Balaban J connectivity index is 0.00000242. The van der Waals surface area contributed by atoms with Gasteiger partial charge >= 0.3 is 6.18 Å². The van der Waals surface area contributed by atoms with Crippen LogP contribution in [0.1, 0.15) is 41.6 Å². The van der Waals surface area contributed by atoms with Gasteiger partial charge in [-0.1, -0.05) is 18.9 Å². The number of rotatable bonds is 3. The molecule has 124 valence electrons. The zero-order valence-electron chi connectivity index (χ0n) is 12.2. The number of nitrogen functional groups attached to an aromatic ring is 1. The van der Waals surface area contributed by atoms with E-state index in [1.165, 1.54) is 6.07 Å². The molecule has 3 nitrogen and oxygen atoms in total. The quantitative estimate of drug-likeness (QED) is 0.824. The highest BCUT2D eigenvalue weighted by atomic mass is 35.5. The smallest absolute Gasteiger partial charge is 0.399 e. The predicted molar refractivity (Wildman–Crippen MR) is 82.1 cm³/mol. The third-order valence-corrected chi connectivity index (χ3v) is 4.02. The van der Waals surface area contributed by atoms with Gasteiger partial charge in [0.05, 0.1) is 0 Å². The highest BCUT2D eigenvalue weighted by Gasteiger charge is 2.46. The number of amides is 1. The maximum absolute atomic E-state index is 13.2. The average Bonchev–Trinajstić information content (AvgIpc) is 2.90. The molecule has 1 amide bonds. The second-order valence-electron chi connectivity index (χ2n) is 5.61. The van der Waals surface area contributed by atoms with Crippen LogP contribution in [0.2, 0.25) is 0 Å². The number of carbonyl (C=O) groups excluding carboxylic acids is 1. The van der Waals surface area contributed by atoms with Gasteiger partial charge in [0.1, 0.15) is 6.04 Å². The van der Waals surface area contributed by atoms with E-state index in [0.717, 1.165) is 12.8 Å². The summed E-state index contributed by atoms with van der Waals surface area (Å²) in [4.78, 5) is 12.2. The van der Waals surface area contributed by atoms with Crippen LogP contribution >= 0.6 is 12.4 Å². The summed E-state index contributed by atoms with van der Waals surface area (Å²) in [5.41, 5.74) is 6.76. The van der Waals surface area contributed by atoms with Crippen LogP contribution in [0.4, 0.5) is 18.9 Å². The number of hydrogen-bond acceptors (Lipinski definition) is 2. The topological polar surface area (TPSA) is 55.1 Å². The number of carbonyl (C=O) groups is 1. The Bertz CT molecular complexity index is 528. The fourth-order valence-electron chi connectivity index (χ4n) is 2.86. The van der Waals surface area contributed by atoms with E-state index in [0.29, 0.717) is 24.1 Å². The van der Waals surface area contributed by atoms with Gasteiger partial charge in [-0.05, 0) is 43.4 Å². The lowest BCUT2D eigenvalue weighted by atomic mass is 9.96. The van der Waals surface area contributed by atoms with Crippen molar-refractivity contribution in [3.05, 3.63) is 29.3 Å². The lowest BCUT2D eigenvalue weighted by Gasteiger charge is -2.27. The summed E-state index contributed by atoms with van der Waals surface area (Å²) < 4.78 is 39.6. The predicted octanol–water partition coefficient (Wildman–Crippen LogP) is 3.85. The molecule has 0 spiro atoms. The molecule has 0 aliphatic heterocycles. The number of aryl methyl sites for hydroxylation is 1. The van der Waals surface area contributed by atoms with Crippen LogP contribution in [-0.4, -0.2) is 18.1 Å². The Morgan fingerprint density at radius 1 is 1.32 bits per heavy atom. The summed E-state index contributed by atoms with van der Waals surface area (Å²) in [6.07, 6.45) is -1.87. The number of nitrogens with two attached hydrogens (primary N) is 1. The van der Waals surface area contributed by atoms with Crippen molar-refractivity contribution in [2.75, 3.05) is 5.73 Å². The third kappa shape index (κ3) is 4.29. The Labute approximate surface area is 133 Å². The van der Waals surface area contributed by atoms with Gasteiger partial charge < -0.3 is 11.1 Å². The molecule has 2 rings (SSSR count). The summed E-state index contributed by atoms with van der Waals surface area (Å²) in [6.45, 7) is 1.67. The number of hydrogen-bond donors (Lipinski definition) is 2. The monoisotopic (exact) mass is 336 g/mol. The van der Waals surface area contributed by atoms with E-state index < -0.39 is 24.0 Å². The van der Waals surface area contributed by atoms with Gasteiger partial charge in [-0.2, -0.15) is 13.2 Å². The molecule has 1 aromatic rings. The van der Waals surface area contributed by atoms with E-state index in [1.807, 2.05) is 0 Å². The SMILES string of the molecule is Cc1ccc(N)cc1C(=O)NC(C1CCCC1)C(F)(F)F.Cl. The summed E-state index contributed by atoms with van der Waals surface area (Å²) >= 11 is 0. The van der Waals surface area contributed by atoms with Crippen molar-refractivity contribution in [1.29, 1.82) is 0 Å². The number of anilines is 1. The van der Waals surface area contributed by atoms with Crippen molar-refractivity contribution in [3.8, 4) is 0 Å². The molecule has 0 saturated heterocycles. The maximum atomic E-state index is 13.2. The van der Waals surface area contributed by atoms with Gasteiger partial charge in [0.2, 0.25) is 0 Å². The molecule has 1 saturated carbocycles. The van der Waals surface area contributed by atoms with E-state index in [9.17, 15) is 18.0 Å². The van der Waals surface area contributed by atoms with Crippen molar-refractivity contribution in [3.63, 3.8) is 0 Å². The minimum atomic E-state index is -4.43. The van der Waals surface area contributed by atoms with Crippen molar-refractivity contribution < 1.29 is 18.0 Å². The number of benzene rings is 1. The van der Waals surface area contributed by atoms with E-state index >= 15 is 0 Å². The molecule has 0 aromatic heterocycles. The number of halogens is 4. The van der Waals surface area contributed by atoms with E-state index in [1.54, 1.807) is 19.1 Å². The second kappa shape index (κ2) is 7.22. The van der Waals surface area contributed by atoms with Crippen LogP contribution < -0.4 is 11.1 Å². The van der Waals surface area contributed by atoms with Crippen LogP contribution in [0.5, 0.6) is 0 Å². The molecule has 1 aromatic carbocycles. The Morgan fingerprint density at radius 3 is 2.45 bits per heavy atom. The highest BCUT2D eigenvalue weighted by molar-refractivity contribution is 5.96. The van der Waals surface area contributed by atoms with Crippen LogP contribution in [0, 0.1) is 12.8 Å². The van der Waals surface area contributed by atoms with Gasteiger partial charge in [-0.3, -0.25) is 4.79 Å². The first-order valence-electron chi connectivity index (χ1n) is 7.02. The van der Waals surface area contributed by atoms with Gasteiger partial charge in [0.15, 0.2) is 0 Å². The van der Waals surface area contributed by atoms with Gasteiger partial charge in [-0.15, -0.1) is 12.4 Å². The molecule has 1 fully saturated rings. The average molecular weight is 337 g/mol. The lowest BCUT2D eigenvalue weighted by molar-refractivity contribution is -0.164. The largest absolute Gasteiger partial charge is 0.408 e. The molecular formula is C15H20ClF3N2O.